The van der Waals surface area contributed by atoms with Crippen LogP contribution in [-0.4, -0.2) is 19.7 Å². The summed E-state index contributed by atoms with van der Waals surface area (Å²) >= 11 is 0. The van der Waals surface area contributed by atoms with Gasteiger partial charge in [-0.15, -0.1) is 0 Å². The second kappa shape index (κ2) is 4.67. The van der Waals surface area contributed by atoms with E-state index in [4.69, 9.17) is 5.73 Å². The average molecular weight is 267 g/mol. The minimum atomic E-state index is -3.28. The Labute approximate surface area is 109 Å². The first-order valence-electron chi connectivity index (χ1n) is 6.48. The highest BCUT2D eigenvalue weighted by Crippen LogP contribution is 2.42. The molecule has 1 aromatic carbocycles. The summed E-state index contributed by atoms with van der Waals surface area (Å²) in [4.78, 5) is 0.414. The van der Waals surface area contributed by atoms with Gasteiger partial charge in [0.25, 0.3) is 0 Å². The van der Waals surface area contributed by atoms with Crippen molar-refractivity contribution < 1.29 is 8.42 Å². The number of hydrogen-bond donors (Lipinski definition) is 1. The van der Waals surface area contributed by atoms with Crippen LogP contribution in [0.4, 0.5) is 0 Å². The van der Waals surface area contributed by atoms with Crippen LogP contribution in [-0.2, 0) is 9.84 Å². The van der Waals surface area contributed by atoms with Crippen LogP contribution in [0.3, 0.4) is 0 Å². The largest absolute Gasteiger partial charge is 0.329 e. The first-order valence-corrected chi connectivity index (χ1v) is 7.96. The molecule has 0 saturated heterocycles. The lowest BCUT2D eigenvalue weighted by molar-refractivity contribution is 0.344. The lowest BCUT2D eigenvalue weighted by Gasteiger charge is -2.39. The molecule has 0 aliphatic heterocycles. The van der Waals surface area contributed by atoms with E-state index in [1.54, 1.807) is 12.1 Å². The molecule has 100 valence electrons. The van der Waals surface area contributed by atoms with Gasteiger partial charge in [0, 0.05) is 6.54 Å². The summed E-state index contributed by atoms with van der Waals surface area (Å²) < 4.78 is 24.4. The van der Waals surface area contributed by atoms with Gasteiger partial charge in [0.1, 0.15) is 0 Å². The molecule has 1 aliphatic carbocycles. The van der Waals surface area contributed by atoms with Gasteiger partial charge in [0.05, 0.1) is 9.64 Å². The molecular formula is C14H21NO2S. The van der Waals surface area contributed by atoms with E-state index in [1.165, 1.54) is 0 Å². The molecule has 1 saturated carbocycles. The fourth-order valence-electron chi connectivity index (χ4n) is 2.44. The topological polar surface area (TPSA) is 60.2 Å². The van der Waals surface area contributed by atoms with Gasteiger partial charge in [0.15, 0.2) is 9.84 Å². The maximum atomic E-state index is 12.6. The van der Waals surface area contributed by atoms with E-state index in [1.807, 2.05) is 12.1 Å². The van der Waals surface area contributed by atoms with E-state index in [-0.39, 0.29) is 6.54 Å². The molecule has 2 N–H and O–H groups in total. The summed E-state index contributed by atoms with van der Waals surface area (Å²) in [5.74, 6) is 0.411. The first kappa shape index (κ1) is 13.6. The molecule has 1 fully saturated rings. The quantitative estimate of drug-likeness (QED) is 0.911. The Morgan fingerprint density at radius 2 is 1.78 bits per heavy atom. The van der Waals surface area contributed by atoms with Crippen LogP contribution in [0.2, 0.25) is 0 Å². The third-order valence-electron chi connectivity index (χ3n) is 4.06. The third-order valence-corrected chi connectivity index (χ3v) is 6.67. The van der Waals surface area contributed by atoms with Crippen molar-refractivity contribution in [2.75, 3.05) is 6.54 Å². The highest BCUT2D eigenvalue weighted by molar-refractivity contribution is 7.93. The monoisotopic (exact) mass is 267 g/mol. The van der Waals surface area contributed by atoms with Gasteiger partial charge in [-0.05, 0) is 36.5 Å². The highest BCUT2D eigenvalue weighted by Gasteiger charge is 2.48. The normalized spacial score (nSPS) is 18.7. The molecule has 2 rings (SSSR count). The smallest absolute Gasteiger partial charge is 0.185 e. The number of rotatable bonds is 4. The molecule has 0 unspecified atom stereocenters. The van der Waals surface area contributed by atoms with E-state index in [2.05, 4.69) is 13.8 Å². The number of nitrogens with two attached hydrogens (primary N) is 1. The Morgan fingerprint density at radius 3 is 2.11 bits per heavy atom. The minimum Gasteiger partial charge on any atom is -0.329 e. The fraction of sp³-hybridized carbons (Fsp3) is 0.571. The standard InChI is InChI=1S/C14H21NO2S/c1-11(2)12-4-6-13(7-5-12)18(16,17)14(10-15)8-3-9-14/h4-7,11H,3,8-10,15H2,1-2H3. The van der Waals surface area contributed by atoms with E-state index in [9.17, 15) is 8.42 Å². The van der Waals surface area contributed by atoms with Crippen molar-refractivity contribution in [3.63, 3.8) is 0 Å². The van der Waals surface area contributed by atoms with Gasteiger partial charge in [0.2, 0.25) is 0 Å². The molecule has 0 atom stereocenters. The van der Waals surface area contributed by atoms with Crippen molar-refractivity contribution in [1.82, 2.24) is 0 Å². The van der Waals surface area contributed by atoms with Crippen LogP contribution >= 0.6 is 0 Å². The molecule has 4 heteroatoms. The van der Waals surface area contributed by atoms with Crippen molar-refractivity contribution >= 4 is 9.84 Å². The Balaban J connectivity index is 2.36. The van der Waals surface area contributed by atoms with Gasteiger partial charge in [-0.1, -0.05) is 32.4 Å². The van der Waals surface area contributed by atoms with E-state index in [0.29, 0.717) is 23.7 Å². The van der Waals surface area contributed by atoms with Gasteiger partial charge in [-0.25, -0.2) is 8.42 Å². The molecule has 0 amide bonds. The van der Waals surface area contributed by atoms with Crippen molar-refractivity contribution in [3.8, 4) is 0 Å². The highest BCUT2D eigenvalue weighted by atomic mass is 32.2. The average Bonchev–Trinajstić information content (AvgIpc) is 2.28. The Kier molecular flexibility index (Phi) is 3.52. The zero-order valence-corrected chi connectivity index (χ0v) is 11.8. The van der Waals surface area contributed by atoms with Crippen molar-refractivity contribution in [3.05, 3.63) is 29.8 Å². The van der Waals surface area contributed by atoms with Gasteiger partial charge in [-0.2, -0.15) is 0 Å². The van der Waals surface area contributed by atoms with Crippen molar-refractivity contribution in [1.29, 1.82) is 0 Å². The van der Waals surface area contributed by atoms with E-state index >= 15 is 0 Å². The van der Waals surface area contributed by atoms with Gasteiger partial charge in [-0.3, -0.25) is 0 Å². The lowest BCUT2D eigenvalue weighted by atomic mass is 9.84. The van der Waals surface area contributed by atoms with Crippen LogP contribution in [0.15, 0.2) is 29.2 Å². The minimum absolute atomic E-state index is 0.223. The second-order valence-electron chi connectivity index (χ2n) is 5.47. The van der Waals surface area contributed by atoms with Crippen LogP contribution < -0.4 is 5.73 Å². The lowest BCUT2D eigenvalue weighted by Crippen LogP contribution is -2.51. The van der Waals surface area contributed by atoms with Crippen LogP contribution in [0.5, 0.6) is 0 Å². The SMILES string of the molecule is CC(C)c1ccc(S(=O)(=O)C2(CN)CCC2)cc1. The molecule has 0 spiro atoms. The summed E-state index contributed by atoms with van der Waals surface area (Å²) in [6.45, 7) is 4.41. The number of benzene rings is 1. The molecule has 0 bridgehead atoms. The van der Waals surface area contributed by atoms with Crippen molar-refractivity contribution in [2.45, 2.75) is 48.7 Å². The zero-order chi connectivity index (χ0) is 13.4. The van der Waals surface area contributed by atoms with Crippen molar-refractivity contribution in [2.24, 2.45) is 5.73 Å². The summed E-state index contributed by atoms with van der Waals surface area (Å²) in [6, 6.07) is 7.25. The van der Waals surface area contributed by atoms with Crippen LogP contribution in [0.1, 0.15) is 44.6 Å². The Hall–Kier alpha value is -0.870. The maximum absolute atomic E-state index is 12.6. The Morgan fingerprint density at radius 1 is 1.22 bits per heavy atom. The Bertz CT molecular complexity index is 508. The van der Waals surface area contributed by atoms with Gasteiger partial charge >= 0.3 is 0 Å². The van der Waals surface area contributed by atoms with Crippen LogP contribution in [0, 0.1) is 0 Å². The molecule has 0 heterocycles. The first-order chi connectivity index (χ1) is 8.43. The number of hydrogen-bond acceptors (Lipinski definition) is 3. The predicted octanol–water partition coefficient (Wildman–Crippen LogP) is 2.47. The molecule has 1 aliphatic rings. The summed E-state index contributed by atoms with van der Waals surface area (Å²) in [7, 11) is -3.28. The summed E-state index contributed by atoms with van der Waals surface area (Å²) in [5, 5.41) is 0. The maximum Gasteiger partial charge on any atom is 0.185 e. The number of sulfone groups is 1. The fourth-order valence-corrected chi connectivity index (χ4v) is 4.48. The second-order valence-corrected chi connectivity index (χ2v) is 7.81. The van der Waals surface area contributed by atoms with Crippen LogP contribution in [0.25, 0.3) is 0 Å². The molecule has 3 nitrogen and oxygen atoms in total. The van der Waals surface area contributed by atoms with Gasteiger partial charge < -0.3 is 5.73 Å². The molecule has 0 aromatic heterocycles. The predicted molar refractivity (Wildman–Crippen MR) is 73.4 cm³/mol. The molecule has 18 heavy (non-hydrogen) atoms. The third kappa shape index (κ3) is 1.97. The summed E-state index contributed by atoms with van der Waals surface area (Å²) in [5.41, 5.74) is 6.85. The molecule has 1 aromatic rings. The summed E-state index contributed by atoms with van der Waals surface area (Å²) in [6.07, 6.45) is 2.34. The molecular weight excluding hydrogens is 246 g/mol. The van der Waals surface area contributed by atoms with E-state index in [0.717, 1.165) is 12.0 Å². The van der Waals surface area contributed by atoms with E-state index < -0.39 is 14.6 Å². The zero-order valence-electron chi connectivity index (χ0n) is 11.0. The molecule has 0 radical (unpaired) electrons.